The van der Waals surface area contributed by atoms with Gasteiger partial charge in [0.15, 0.2) is 0 Å². The fourth-order valence-electron chi connectivity index (χ4n) is 1.21. The highest BCUT2D eigenvalue weighted by atomic mass is 19.4. The van der Waals surface area contributed by atoms with Crippen LogP contribution in [0.4, 0.5) is 17.6 Å². The number of ether oxygens (including phenoxy) is 2. The van der Waals surface area contributed by atoms with E-state index in [2.05, 4.69) is 9.47 Å². The van der Waals surface area contributed by atoms with E-state index in [1.54, 1.807) is 0 Å². The molecular formula is C11H10F4O3. The maximum Gasteiger partial charge on any atom is 0.411 e. The third-order valence-corrected chi connectivity index (χ3v) is 1.97. The lowest BCUT2D eigenvalue weighted by atomic mass is 10.1. The van der Waals surface area contributed by atoms with E-state index in [9.17, 15) is 22.4 Å². The van der Waals surface area contributed by atoms with Crippen molar-refractivity contribution >= 4 is 5.97 Å². The van der Waals surface area contributed by atoms with Crippen LogP contribution in [0.1, 0.15) is 15.9 Å². The largest absolute Gasteiger partial charge is 0.465 e. The van der Waals surface area contributed by atoms with E-state index in [0.717, 1.165) is 19.2 Å². The van der Waals surface area contributed by atoms with Crippen LogP contribution in [0.2, 0.25) is 0 Å². The summed E-state index contributed by atoms with van der Waals surface area (Å²) >= 11 is 0. The van der Waals surface area contributed by atoms with Crippen LogP contribution in [0, 0.1) is 5.82 Å². The van der Waals surface area contributed by atoms with Gasteiger partial charge in [0, 0.05) is 0 Å². The molecule has 0 atom stereocenters. The summed E-state index contributed by atoms with van der Waals surface area (Å²) < 4.78 is 57.4. The molecule has 0 aliphatic heterocycles. The predicted octanol–water partition coefficient (Wildman–Crippen LogP) is 2.69. The third kappa shape index (κ3) is 4.33. The van der Waals surface area contributed by atoms with E-state index < -0.39 is 31.2 Å². The van der Waals surface area contributed by atoms with Crippen molar-refractivity contribution in [1.82, 2.24) is 0 Å². The Kier molecular flexibility index (Phi) is 4.66. The molecular weight excluding hydrogens is 256 g/mol. The Balaban J connectivity index is 2.65. The summed E-state index contributed by atoms with van der Waals surface area (Å²) in [5, 5.41) is 0. The van der Waals surface area contributed by atoms with Crippen LogP contribution in [0.15, 0.2) is 18.2 Å². The van der Waals surface area contributed by atoms with E-state index in [1.165, 1.54) is 6.07 Å². The molecule has 1 rings (SSSR count). The van der Waals surface area contributed by atoms with Gasteiger partial charge in [-0.15, -0.1) is 0 Å². The first-order chi connectivity index (χ1) is 8.33. The molecule has 0 N–H and O–H groups in total. The van der Waals surface area contributed by atoms with Crippen LogP contribution in [-0.4, -0.2) is 25.9 Å². The molecule has 0 heterocycles. The van der Waals surface area contributed by atoms with Crippen molar-refractivity contribution in [2.45, 2.75) is 12.8 Å². The Hall–Kier alpha value is -1.63. The first-order valence-electron chi connectivity index (χ1n) is 4.84. The summed E-state index contributed by atoms with van der Waals surface area (Å²) in [5.41, 5.74) is -0.0820. The molecule has 0 unspecified atom stereocenters. The maximum atomic E-state index is 13.4. The zero-order valence-corrected chi connectivity index (χ0v) is 9.38. The van der Waals surface area contributed by atoms with Crippen molar-refractivity contribution in [3.63, 3.8) is 0 Å². The minimum Gasteiger partial charge on any atom is -0.465 e. The maximum absolute atomic E-state index is 13.4. The van der Waals surface area contributed by atoms with Crippen molar-refractivity contribution in [2.24, 2.45) is 0 Å². The number of rotatable bonds is 4. The van der Waals surface area contributed by atoms with Crippen LogP contribution < -0.4 is 0 Å². The van der Waals surface area contributed by atoms with Crippen molar-refractivity contribution in [1.29, 1.82) is 0 Å². The zero-order chi connectivity index (χ0) is 13.8. The lowest BCUT2D eigenvalue weighted by Gasteiger charge is -2.08. The molecule has 7 heteroatoms. The SMILES string of the molecule is COC(=O)c1ccc(COCC(F)(F)F)cc1F. The van der Waals surface area contributed by atoms with Crippen molar-refractivity contribution in [2.75, 3.05) is 13.7 Å². The summed E-state index contributed by atoms with van der Waals surface area (Å²) in [6, 6.07) is 3.36. The first kappa shape index (κ1) is 14.4. The average Bonchev–Trinajstić information content (AvgIpc) is 2.26. The van der Waals surface area contributed by atoms with E-state index in [4.69, 9.17) is 0 Å². The van der Waals surface area contributed by atoms with Gasteiger partial charge in [-0.1, -0.05) is 6.07 Å². The van der Waals surface area contributed by atoms with Crippen molar-refractivity contribution in [3.05, 3.63) is 35.1 Å². The minimum atomic E-state index is -4.43. The highest BCUT2D eigenvalue weighted by Gasteiger charge is 2.27. The van der Waals surface area contributed by atoms with Crippen LogP contribution in [-0.2, 0) is 16.1 Å². The fraction of sp³-hybridized carbons (Fsp3) is 0.364. The Labute approximate surface area is 100 Å². The molecule has 100 valence electrons. The lowest BCUT2D eigenvalue weighted by Crippen LogP contribution is -2.16. The Morgan fingerprint density at radius 3 is 2.50 bits per heavy atom. The average molecular weight is 266 g/mol. The van der Waals surface area contributed by atoms with Gasteiger partial charge in [0.05, 0.1) is 19.3 Å². The van der Waals surface area contributed by atoms with Gasteiger partial charge >= 0.3 is 12.1 Å². The topological polar surface area (TPSA) is 35.5 Å². The van der Waals surface area contributed by atoms with Crippen LogP contribution in [0.5, 0.6) is 0 Å². The van der Waals surface area contributed by atoms with Gasteiger partial charge in [0.25, 0.3) is 0 Å². The summed E-state index contributed by atoms with van der Waals surface area (Å²) in [7, 11) is 1.10. The number of hydrogen-bond donors (Lipinski definition) is 0. The molecule has 0 bridgehead atoms. The molecule has 0 aliphatic rings. The summed E-state index contributed by atoms with van der Waals surface area (Å²) in [5.74, 6) is -1.72. The second-order valence-electron chi connectivity index (χ2n) is 3.41. The Bertz CT molecular complexity index is 429. The standard InChI is InChI=1S/C11H10F4O3/c1-17-10(16)8-3-2-7(4-9(8)12)5-18-6-11(13,14)15/h2-4H,5-6H2,1H3. The van der Waals surface area contributed by atoms with Gasteiger partial charge in [-0.3, -0.25) is 0 Å². The third-order valence-electron chi connectivity index (χ3n) is 1.97. The number of benzene rings is 1. The number of halogens is 4. The van der Waals surface area contributed by atoms with Crippen LogP contribution >= 0.6 is 0 Å². The first-order valence-corrected chi connectivity index (χ1v) is 4.84. The van der Waals surface area contributed by atoms with Gasteiger partial charge in [0.2, 0.25) is 0 Å². The zero-order valence-electron chi connectivity index (χ0n) is 9.38. The van der Waals surface area contributed by atoms with Crippen LogP contribution in [0.25, 0.3) is 0 Å². The van der Waals surface area contributed by atoms with Crippen molar-refractivity contribution < 1.29 is 31.8 Å². The quantitative estimate of drug-likeness (QED) is 0.621. The number of esters is 1. The lowest BCUT2D eigenvalue weighted by molar-refractivity contribution is -0.176. The highest BCUT2D eigenvalue weighted by Crippen LogP contribution is 2.17. The fourth-order valence-corrected chi connectivity index (χ4v) is 1.21. The van der Waals surface area contributed by atoms with Gasteiger partial charge in [0.1, 0.15) is 12.4 Å². The number of alkyl halides is 3. The number of carbonyl (C=O) groups is 1. The van der Waals surface area contributed by atoms with Gasteiger partial charge in [-0.05, 0) is 17.7 Å². The highest BCUT2D eigenvalue weighted by molar-refractivity contribution is 5.89. The molecule has 0 amide bonds. The molecule has 0 aliphatic carbocycles. The molecule has 0 radical (unpaired) electrons. The summed E-state index contributed by atoms with van der Waals surface area (Å²) in [6.07, 6.45) is -4.43. The number of methoxy groups -OCH3 is 1. The molecule has 0 aromatic heterocycles. The number of carbonyl (C=O) groups excluding carboxylic acids is 1. The van der Waals surface area contributed by atoms with E-state index in [0.29, 0.717) is 0 Å². The molecule has 3 nitrogen and oxygen atoms in total. The molecule has 1 aromatic rings. The second kappa shape index (κ2) is 5.81. The molecule has 18 heavy (non-hydrogen) atoms. The Morgan fingerprint density at radius 1 is 1.33 bits per heavy atom. The van der Waals surface area contributed by atoms with E-state index in [-0.39, 0.29) is 11.1 Å². The summed E-state index contributed by atoms with van der Waals surface area (Å²) in [4.78, 5) is 11.0. The van der Waals surface area contributed by atoms with Crippen molar-refractivity contribution in [3.8, 4) is 0 Å². The smallest absolute Gasteiger partial charge is 0.411 e. The Morgan fingerprint density at radius 2 is 2.00 bits per heavy atom. The minimum absolute atomic E-state index is 0.199. The normalized spacial score (nSPS) is 11.4. The molecule has 0 fully saturated rings. The molecule has 0 saturated heterocycles. The van der Waals surface area contributed by atoms with Gasteiger partial charge in [-0.2, -0.15) is 13.2 Å². The van der Waals surface area contributed by atoms with E-state index in [1.807, 2.05) is 0 Å². The van der Waals surface area contributed by atoms with Crippen LogP contribution in [0.3, 0.4) is 0 Å². The van der Waals surface area contributed by atoms with Gasteiger partial charge in [-0.25, -0.2) is 9.18 Å². The monoisotopic (exact) mass is 266 g/mol. The second-order valence-corrected chi connectivity index (χ2v) is 3.41. The molecule has 0 spiro atoms. The van der Waals surface area contributed by atoms with E-state index >= 15 is 0 Å². The summed E-state index contributed by atoms with van der Waals surface area (Å²) in [6.45, 7) is -1.80. The molecule has 0 saturated carbocycles. The number of hydrogen-bond acceptors (Lipinski definition) is 3. The predicted molar refractivity (Wildman–Crippen MR) is 53.5 cm³/mol. The molecule has 1 aromatic carbocycles. The van der Waals surface area contributed by atoms with Gasteiger partial charge < -0.3 is 9.47 Å².